The standard InChI is InChI=1S/C6H7N3OS/c1-3-4-5(2)10-6-7-8-9-11-6/h5H,1-2H3. The normalized spacial score (nSPS) is 11.5. The maximum absolute atomic E-state index is 5.20. The zero-order valence-electron chi connectivity index (χ0n) is 6.24. The van der Waals surface area contributed by atoms with Crippen molar-refractivity contribution in [3.63, 3.8) is 0 Å². The van der Waals surface area contributed by atoms with Gasteiger partial charge in [-0.15, -0.1) is 5.92 Å². The average molecular weight is 169 g/mol. The molecule has 0 aromatic carbocycles. The topological polar surface area (TPSA) is 47.9 Å². The molecule has 1 heterocycles. The Balaban J connectivity index is 2.48. The molecule has 1 atom stereocenters. The van der Waals surface area contributed by atoms with Gasteiger partial charge in [0.1, 0.15) is 0 Å². The van der Waals surface area contributed by atoms with Crippen molar-refractivity contribution in [1.82, 2.24) is 14.8 Å². The van der Waals surface area contributed by atoms with E-state index in [1.807, 2.05) is 6.92 Å². The summed E-state index contributed by atoms with van der Waals surface area (Å²) in [6, 6.07) is 0. The van der Waals surface area contributed by atoms with Crippen LogP contribution in [0.3, 0.4) is 0 Å². The summed E-state index contributed by atoms with van der Waals surface area (Å²) in [5.41, 5.74) is 0. The molecular formula is C6H7N3OS. The summed E-state index contributed by atoms with van der Waals surface area (Å²) in [7, 11) is 0. The van der Waals surface area contributed by atoms with Crippen LogP contribution in [-0.2, 0) is 0 Å². The third-order valence-corrected chi connectivity index (χ3v) is 1.40. The van der Waals surface area contributed by atoms with Gasteiger partial charge in [-0.2, -0.15) is 0 Å². The zero-order chi connectivity index (χ0) is 8.10. The third-order valence-electron chi connectivity index (χ3n) is 0.907. The second-order valence-corrected chi connectivity index (χ2v) is 2.48. The van der Waals surface area contributed by atoms with Crippen molar-refractivity contribution >= 4 is 11.5 Å². The summed E-state index contributed by atoms with van der Waals surface area (Å²) in [4.78, 5) is 0. The van der Waals surface area contributed by atoms with E-state index >= 15 is 0 Å². The molecule has 0 N–H and O–H groups in total. The SMILES string of the molecule is CC#CC(C)Oc1nnns1. The molecule has 1 aromatic heterocycles. The van der Waals surface area contributed by atoms with Crippen LogP contribution >= 0.6 is 11.5 Å². The average Bonchev–Trinajstić information content (AvgIpc) is 2.40. The van der Waals surface area contributed by atoms with Gasteiger partial charge in [-0.1, -0.05) is 15.5 Å². The summed E-state index contributed by atoms with van der Waals surface area (Å²) >= 11 is 1.11. The van der Waals surface area contributed by atoms with Gasteiger partial charge in [0.15, 0.2) is 6.10 Å². The maximum atomic E-state index is 5.20. The molecule has 1 rings (SSSR count). The molecular weight excluding hydrogens is 162 g/mol. The lowest BCUT2D eigenvalue weighted by Crippen LogP contribution is -2.08. The highest BCUT2D eigenvalue weighted by atomic mass is 32.1. The van der Waals surface area contributed by atoms with Gasteiger partial charge in [0.2, 0.25) is 0 Å². The van der Waals surface area contributed by atoms with E-state index in [0.29, 0.717) is 5.19 Å². The predicted molar refractivity (Wildman–Crippen MR) is 41.2 cm³/mol. The zero-order valence-corrected chi connectivity index (χ0v) is 7.05. The minimum Gasteiger partial charge on any atom is -0.452 e. The molecule has 0 amide bonds. The highest BCUT2D eigenvalue weighted by Gasteiger charge is 2.02. The highest BCUT2D eigenvalue weighted by molar-refractivity contribution is 7.07. The van der Waals surface area contributed by atoms with Gasteiger partial charge < -0.3 is 4.74 Å². The molecule has 0 saturated carbocycles. The molecule has 0 bridgehead atoms. The van der Waals surface area contributed by atoms with Crippen LogP contribution in [0.5, 0.6) is 5.19 Å². The van der Waals surface area contributed by atoms with Gasteiger partial charge in [0, 0.05) is 11.5 Å². The van der Waals surface area contributed by atoms with E-state index in [2.05, 4.69) is 26.6 Å². The first-order valence-corrected chi connectivity index (χ1v) is 3.84. The molecule has 0 fully saturated rings. The van der Waals surface area contributed by atoms with E-state index in [1.54, 1.807) is 6.92 Å². The Labute approximate surface area is 68.7 Å². The van der Waals surface area contributed by atoms with Gasteiger partial charge in [-0.3, -0.25) is 0 Å². The lowest BCUT2D eigenvalue weighted by atomic mass is 10.4. The first-order valence-electron chi connectivity index (χ1n) is 3.07. The molecule has 0 aliphatic rings. The Hall–Kier alpha value is -1.15. The van der Waals surface area contributed by atoms with Crippen molar-refractivity contribution in [2.45, 2.75) is 20.0 Å². The van der Waals surface area contributed by atoms with E-state index in [4.69, 9.17) is 4.74 Å². The van der Waals surface area contributed by atoms with Crippen molar-refractivity contribution < 1.29 is 4.74 Å². The van der Waals surface area contributed by atoms with Crippen LogP contribution in [0.25, 0.3) is 0 Å². The van der Waals surface area contributed by atoms with Gasteiger partial charge in [-0.25, -0.2) is 0 Å². The van der Waals surface area contributed by atoms with E-state index in [-0.39, 0.29) is 6.10 Å². The molecule has 5 heteroatoms. The van der Waals surface area contributed by atoms with Crippen LogP contribution in [0, 0.1) is 11.8 Å². The smallest absolute Gasteiger partial charge is 0.314 e. The van der Waals surface area contributed by atoms with E-state index in [0.717, 1.165) is 11.5 Å². The van der Waals surface area contributed by atoms with Crippen LogP contribution in [0.2, 0.25) is 0 Å². The Kier molecular flexibility index (Phi) is 2.81. The van der Waals surface area contributed by atoms with Crippen molar-refractivity contribution in [1.29, 1.82) is 0 Å². The summed E-state index contributed by atoms with van der Waals surface area (Å²) < 4.78 is 8.75. The Morgan fingerprint density at radius 2 is 2.45 bits per heavy atom. The summed E-state index contributed by atoms with van der Waals surface area (Å²) in [5, 5.41) is 7.45. The molecule has 58 valence electrons. The van der Waals surface area contributed by atoms with Crippen molar-refractivity contribution in [3.8, 4) is 17.0 Å². The van der Waals surface area contributed by atoms with Crippen molar-refractivity contribution in [2.75, 3.05) is 0 Å². The van der Waals surface area contributed by atoms with Crippen molar-refractivity contribution in [2.24, 2.45) is 0 Å². The van der Waals surface area contributed by atoms with Gasteiger partial charge in [0.05, 0.1) is 0 Å². The van der Waals surface area contributed by atoms with Crippen LogP contribution in [-0.4, -0.2) is 20.9 Å². The van der Waals surface area contributed by atoms with Crippen molar-refractivity contribution in [3.05, 3.63) is 0 Å². The fraction of sp³-hybridized carbons (Fsp3) is 0.500. The Morgan fingerprint density at radius 1 is 1.64 bits per heavy atom. The number of hydrogen-bond acceptors (Lipinski definition) is 5. The molecule has 1 aromatic rings. The lowest BCUT2D eigenvalue weighted by Gasteiger charge is -2.01. The highest BCUT2D eigenvalue weighted by Crippen LogP contribution is 2.09. The van der Waals surface area contributed by atoms with Crippen LogP contribution in [0.1, 0.15) is 13.8 Å². The van der Waals surface area contributed by atoms with E-state index in [1.165, 1.54) is 0 Å². The molecule has 0 saturated heterocycles. The fourth-order valence-electron chi connectivity index (χ4n) is 0.555. The largest absolute Gasteiger partial charge is 0.452 e. The molecule has 1 unspecified atom stereocenters. The van der Waals surface area contributed by atoms with E-state index in [9.17, 15) is 0 Å². The molecule has 4 nitrogen and oxygen atoms in total. The van der Waals surface area contributed by atoms with Crippen LogP contribution < -0.4 is 4.74 Å². The fourth-order valence-corrected chi connectivity index (χ4v) is 0.959. The number of ether oxygens (including phenoxy) is 1. The Bertz CT molecular complexity index is 261. The first kappa shape index (κ1) is 7.95. The molecule has 0 aliphatic carbocycles. The summed E-state index contributed by atoms with van der Waals surface area (Å²) in [6.45, 7) is 3.61. The van der Waals surface area contributed by atoms with E-state index < -0.39 is 0 Å². The number of nitrogens with zero attached hydrogens (tertiary/aromatic N) is 3. The first-order chi connectivity index (χ1) is 5.33. The second kappa shape index (κ2) is 3.88. The monoisotopic (exact) mass is 169 g/mol. The third kappa shape index (κ3) is 2.51. The summed E-state index contributed by atoms with van der Waals surface area (Å²) in [6.07, 6.45) is -0.144. The molecule has 0 spiro atoms. The molecule has 11 heavy (non-hydrogen) atoms. The summed E-state index contributed by atoms with van der Waals surface area (Å²) in [5.74, 6) is 5.56. The number of rotatable bonds is 2. The van der Waals surface area contributed by atoms with Crippen LogP contribution in [0.15, 0.2) is 0 Å². The van der Waals surface area contributed by atoms with Gasteiger partial charge >= 0.3 is 5.19 Å². The maximum Gasteiger partial charge on any atom is 0.314 e. The molecule has 0 aliphatic heterocycles. The quantitative estimate of drug-likeness (QED) is 0.612. The van der Waals surface area contributed by atoms with Gasteiger partial charge in [-0.05, 0) is 19.1 Å². The molecule has 0 radical (unpaired) electrons. The number of hydrogen-bond donors (Lipinski definition) is 0. The van der Waals surface area contributed by atoms with Crippen LogP contribution in [0.4, 0.5) is 0 Å². The Morgan fingerprint density at radius 3 is 3.00 bits per heavy atom. The van der Waals surface area contributed by atoms with Gasteiger partial charge in [0.25, 0.3) is 0 Å². The lowest BCUT2D eigenvalue weighted by molar-refractivity contribution is 0.275. The second-order valence-electron chi connectivity index (χ2n) is 1.78. The minimum absolute atomic E-state index is 0.144. The number of aromatic nitrogens is 3. The minimum atomic E-state index is -0.144. The predicted octanol–water partition coefficient (Wildman–Crippen LogP) is 0.724.